The van der Waals surface area contributed by atoms with Gasteiger partial charge in [-0.2, -0.15) is 11.8 Å². The molecule has 1 N–H and O–H groups in total. The van der Waals surface area contributed by atoms with Crippen LogP contribution < -0.4 is 5.32 Å². The molecule has 112 valence electrons. The first kappa shape index (κ1) is 15.9. The molecule has 0 aromatic heterocycles. The van der Waals surface area contributed by atoms with Crippen LogP contribution in [0, 0.1) is 0 Å². The summed E-state index contributed by atoms with van der Waals surface area (Å²) in [5.41, 5.74) is 1.67. The molecular formula is C17H28N2S. The molecule has 1 atom stereocenters. The van der Waals surface area contributed by atoms with Crippen LogP contribution in [-0.4, -0.2) is 41.6 Å². The second-order valence-corrected chi connectivity index (χ2v) is 7.61. The fraction of sp³-hybridized carbons (Fsp3) is 0.647. The average molecular weight is 292 g/mol. The number of thioether (sulfide) groups is 1. The van der Waals surface area contributed by atoms with E-state index >= 15 is 0 Å². The topological polar surface area (TPSA) is 15.3 Å². The minimum Gasteiger partial charge on any atom is -0.309 e. The summed E-state index contributed by atoms with van der Waals surface area (Å²) in [5, 5.41) is 3.69. The first-order valence-electron chi connectivity index (χ1n) is 7.74. The Labute approximate surface area is 128 Å². The fourth-order valence-corrected chi connectivity index (χ4v) is 3.55. The smallest absolute Gasteiger partial charge is 0.0473 e. The van der Waals surface area contributed by atoms with Crippen molar-refractivity contribution in [3.05, 3.63) is 35.9 Å². The van der Waals surface area contributed by atoms with E-state index in [0.29, 0.717) is 6.04 Å². The van der Waals surface area contributed by atoms with Crippen LogP contribution in [0.3, 0.4) is 0 Å². The molecule has 3 heteroatoms. The summed E-state index contributed by atoms with van der Waals surface area (Å²) < 4.78 is 0. The minimum absolute atomic E-state index is 0.225. The third-order valence-electron chi connectivity index (χ3n) is 3.94. The molecule has 1 aromatic rings. The van der Waals surface area contributed by atoms with E-state index in [-0.39, 0.29) is 5.54 Å². The molecule has 1 fully saturated rings. The van der Waals surface area contributed by atoms with E-state index in [1.165, 1.54) is 30.0 Å². The van der Waals surface area contributed by atoms with Crippen molar-refractivity contribution in [2.45, 2.75) is 38.8 Å². The van der Waals surface area contributed by atoms with Crippen molar-refractivity contribution in [1.29, 1.82) is 0 Å². The van der Waals surface area contributed by atoms with E-state index in [4.69, 9.17) is 0 Å². The van der Waals surface area contributed by atoms with Gasteiger partial charge in [-0.15, -0.1) is 0 Å². The Morgan fingerprint density at radius 2 is 2.05 bits per heavy atom. The molecule has 0 aliphatic carbocycles. The average Bonchev–Trinajstić information content (AvgIpc) is 2.44. The van der Waals surface area contributed by atoms with Gasteiger partial charge in [0.2, 0.25) is 0 Å². The van der Waals surface area contributed by atoms with Crippen LogP contribution in [0.4, 0.5) is 0 Å². The van der Waals surface area contributed by atoms with Crippen molar-refractivity contribution < 1.29 is 0 Å². The van der Waals surface area contributed by atoms with Gasteiger partial charge in [-0.05, 0) is 43.9 Å². The third-order valence-corrected chi connectivity index (χ3v) is 4.92. The van der Waals surface area contributed by atoms with E-state index in [1.54, 1.807) is 0 Å². The standard InChI is InChI=1S/C17H28N2S/c1-4-20-12-8-11-19-14-17(2,3)18-13-16(19)15-9-6-5-7-10-15/h5-7,9-10,16,18H,4,8,11-14H2,1-3H3. The lowest BCUT2D eigenvalue weighted by Gasteiger charge is -2.45. The number of nitrogens with one attached hydrogen (secondary N) is 1. The summed E-state index contributed by atoms with van der Waals surface area (Å²) in [6, 6.07) is 11.5. The molecule has 1 aromatic carbocycles. The highest BCUT2D eigenvalue weighted by Crippen LogP contribution is 2.27. The highest BCUT2D eigenvalue weighted by atomic mass is 32.2. The van der Waals surface area contributed by atoms with Crippen molar-refractivity contribution in [3.8, 4) is 0 Å². The summed E-state index contributed by atoms with van der Waals surface area (Å²) in [6.07, 6.45) is 1.29. The Bertz CT molecular complexity index is 391. The highest BCUT2D eigenvalue weighted by Gasteiger charge is 2.32. The van der Waals surface area contributed by atoms with Gasteiger partial charge >= 0.3 is 0 Å². The van der Waals surface area contributed by atoms with Gasteiger partial charge in [-0.1, -0.05) is 37.3 Å². The Morgan fingerprint density at radius 1 is 1.30 bits per heavy atom. The summed E-state index contributed by atoms with van der Waals surface area (Å²) in [6.45, 7) is 10.2. The normalized spacial score (nSPS) is 22.9. The van der Waals surface area contributed by atoms with Crippen LogP contribution in [-0.2, 0) is 0 Å². The summed E-state index contributed by atoms with van der Waals surface area (Å²) in [4.78, 5) is 2.67. The van der Waals surface area contributed by atoms with E-state index < -0.39 is 0 Å². The lowest BCUT2D eigenvalue weighted by molar-refractivity contribution is 0.0955. The van der Waals surface area contributed by atoms with Crippen molar-refractivity contribution in [1.82, 2.24) is 10.2 Å². The van der Waals surface area contributed by atoms with Crippen LogP contribution in [0.25, 0.3) is 0 Å². The molecule has 1 aliphatic rings. The second kappa shape index (κ2) is 7.48. The largest absolute Gasteiger partial charge is 0.309 e. The molecule has 20 heavy (non-hydrogen) atoms. The lowest BCUT2D eigenvalue weighted by atomic mass is 9.95. The number of hydrogen-bond acceptors (Lipinski definition) is 3. The maximum absolute atomic E-state index is 3.69. The van der Waals surface area contributed by atoms with Crippen LogP contribution >= 0.6 is 11.8 Å². The molecule has 0 radical (unpaired) electrons. The SMILES string of the molecule is CCSCCCN1CC(C)(C)NCC1c1ccccc1. The zero-order valence-electron chi connectivity index (χ0n) is 13.1. The number of rotatable bonds is 6. The highest BCUT2D eigenvalue weighted by molar-refractivity contribution is 7.99. The van der Waals surface area contributed by atoms with Gasteiger partial charge in [-0.25, -0.2) is 0 Å². The molecule has 0 saturated carbocycles. The molecule has 0 spiro atoms. The monoisotopic (exact) mass is 292 g/mol. The van der Waals surface area contributed by atoms with Crippen LogP contribution in [0.5, 0.6) is 0 Å². The van der Waals surface area contributed by atoms with E-state index in [2.05, 4.69) is 73.1 Å². The Kier molecular flexibility index (Phi) is 5.94. The maximum Gasteiger partial charge on any atom is 0.0473 e. The molecule has 0 bridgehead atoms. The van der Waals surface area contributed by atoms with Crippen LogP contribution in [0.2, 0.25) is 0 Å². The molecule has 2 rings (SSSR count). The number of hydrogen-bond donors (Lipinski definition) is 1. The van der Waals surface area contributed by atoms with Crippen LogP contribution in [0.1, 0.15) is 38.8 Å². The molecule has 2 nitrogen and oxygen atoms in total. The number of piperazine rings is 1. The van der Waals surface area contributed by atoms with E-state index in [0.717, 1.165) is 13.1 Å². The van der Waals surface area contributed by atoms with Crippen molar-refractivity contribution in [3.63, 3.8) is 0 Å². The zero-order chi connectivity index (χ0) is 14.4. The molecule has 0 amide bonds. The third kappa shape index (κ3) is 4.51. The predicted molar refractivity (Wildman–Crippen MR) is 90.5 cm³/mol. The van der Waals surface area contributed by atoms with Crippen molar-refractivity contribution >= 4 is 11.8 Å². The summed E-state index contributed by atoms with van der Waals surface area (Å²) in [5.74, 6) is 2.51. The van der Waals surface area contributed by atoms with Gasteiger partial charge in [-0.3, -0.25) is 4.90 Å². The van der Waals surface area contributed by atoms with Crippen molar-refractivity contribution in [2.75, 3.05) is 31.1 Å². The molecule has 1 saturated heterocycles. The van der Waals surface area contributed by atoms with E-state index in [9.17, 15) is 0 Å². The number of benzene rings is 1. The lowest BCUT2D eigenvalue weighted by Crippen LogP contribution is -2.58. The molecule has 1 aliphatic heterocycles. The Hall–Kier alpha value is -0.510. The fourth-order valence-electron chi connectivity index (χ4n) is 2.93. The molecule has 1 heterocycles. The Morgan fingerprint density at radius 3 is 2.75 bits per heavy atom. The Balaban J connectivity index is 2.00. The van der Waals surface area contributed by atoms with Gasteiger partial charge in [0.1, 0.15) is 0 Å². The second-order valence-electron chi connectivity index (χ2n) is 6.21. The quantitative estimate of drug-likeness (QED) is 0.807. The predicted octanol–water partition coefficient (Wildman–Crippen LogP) is 3.55. The van der Waals surface area contributed by atoms with E-state index in [1.807, 2.05) is 0 Å². The zero-order valence-corrected chi connectivity index (χ0v) is 13.9. The number of nitrogens with zero attached hydrogens (tertiary/aromatic N) is 1. The summed E-state index contributed by atoms with van der Waals surface area (Å²) >= 11 is 2.05. The van der Waals surface area contributed by atoms with Gasteiger partial charge in [0, 0.05) is 24.7 Å². The molecular weight excluding hydrogens is 264 g/mol. The van der Waals surface area contributed by atoms with Crippen LogP contribution in [0.15, 0.2) is 30.3 Å². The van der Waals surface area contributed by atoms with Crippen molar-refractivity contribution in [2.24, 2.45) is 0 Å². The van der Waals surface area contributed by atoms with Gasteiger partial charge < -0.3 is 5.32 Å². The van der Waals surface area contributed by atoms with Gasteiger partial charge in [0.05, 0.1) is 0 Å². The minimum atomic E-state index is 0.225. The van der Waals surface area contributed by atoms with Gasteiger partial charge in [0.15, 0.2) is 0 Å². The maximum atomic E-state index is 3.69. The first-order chi connectivity index (χ1) is 9.62. The van der Waals surface area contributed by atoms with Gasteiger partial charge in [0.25, 0.3) is 0 Å². The first-order valence-corrected chi connectivity index (χ1v) is 8.89. The summed E-state index contributed by atoms with van der Waals surface area (Å²) in [7, 11) is 0. The molecule has 1 unspecified atom stereocenters.